The first-order valence-electron chi connectivity index (χ1n) is 5.48. The molecule has 1 aromatic heterocycles. The van der Waals surface area contributed by atoms with E-state index in [1.807, 2.05) is 11.7 Å². The lowest BCUT2D eigenvalue weighted by atomic mass is 9.75. The maximum absolute atomic E-state index is 5.91. The molecule has 0 aliphatic heterocycles. The maximum atomic E-state index is 5.91. The van der Waals surface area contributed by atoms with Crippen LogP contribution in [-0.4, -0.2) is 16.3 Å². The van der Waals surface area contributed by atoms with E-state index in [0.717, 1.165) is 13.0 Å². The van der Waals surface area contributed by atoms with Crippen molar-refractivity contribution in [2.75, 3.05) is 6.54 Å². The molecule has 1 fully saturated rings. The van der Waals surface area contributed by atoms with Crippen molar-refractivity contribution in [2.45, 2.75) is 31.6 Å². The second-order valence-electron chi connectivity index (χ2n) is 4.86. The first kappa shape index (κ1) is 8.48. The molecular formula is C11H17N3. The molecule has 3 nitrogen and oxygen atoms in total. The molecule has 2 aliphatic carbocycles. The highest BCUT2D eigenvalue weighted by Crippen LogP contribution is 2.61. The van der Waals surface area contributed by atoms with Gasteiger partial charge in [-0.25, -0.2) is 0 Å². The molecule has 1 spiro atoms. The molecule has 1 saturated carbocycles. The summed E-state index contributed by atoms with van der Waals surface area (Å²) in [4.78, 5) is 0. The van der Waals surface area contributed by atoms with Gasteiger partial charge in [-0.2, -0.15) is 5.10 Å². The van der Waals surface area contributed by atoms with Gasteiger partial charge in [0.05, 0.1) is 5.69 Å². The molecule has 3 heteroatoms. The Bertz CT molecular complexity index is 363. The number of nitrogens with zero attached hydrogens (tertiary/aromatic N) is 2. The van der Waals surface area contributed by atoms with Crippen molar-refractivity contribution in [1.82, 2.24) is 9.78 Å². The topological polar surface area (TPSA) is 43.8 Å². The predicted octanol–water partition coefficient (Wildman–Crippen LogP) is 1.19. The third-order valence-corrected chi connectivity index (χ3v) is 4.04. The molecule has 0 amide bonds. The summed E-state index contributed by atoms with van der Waals surface area (Å²) in [5, 5.41) is 4.50. The first-order chi connectivity index (χ1) is 6.75. The number of fused-ring (bicyclic) bond motifs is 1. The van der Waals surface area contributed by atoms with Crippen molar-refractivity contribution in [3.05, 3.63) is 17.5 Å². The minimum atomic E-state index is 0.574. The molecule has 0 bridgehead atoms. The summed E-state index contributed by atoms with van der Waals surface area (Å²) in [6.45, 7) is 0.790. The van der Waals surface area contributed by atoms with Gasteiger partial charge in [-0.3, -0.25) is 4.68 Å². The second kappa shape index (κ2) is 2.60. The van der Waals surface area contributed by atoms with Crippen molar-refractivity contribution in [2.24, 2.45) is 18.2 Å². The molecule has 76 valence electrons. The van der Waals surface area contributed by atoms with Gasteiger partial charge in [0.2, 0.25) is 0 Å². The van der Waals surface area contributed by atoms with E-state index in [0.29, 0.717) is 11.3 Å². The van der Waals surface area contributed by atoms with Gasteiger partial charge >= 0.3 is 0 Å². The Morgan fingerprint density at radius 1 is 1.57 bits per heavy atom. The minimum Gasteiger partial charge on any atom is -0.330 e. The number of aryl methyl sites for hydroxylation is 2. The van der Waals surface area contributed by atoms with Crippen LogP contribution in [0.3, 0.4) is 0 Å². The van der Waals surface area contributed by atoms with E-state index in [4.69, 9.17) is 5.73 Å². The van der Waals surface area contributed by atoms with Crippen LogP contribution in [0, 0.1) is 5.41 Å². The van der Waals surface area contributed by atoms with Crippen LogP contribution < -0.4 is 5.73 Å². The summed E-state index contributed by atoms with van der Waals surface area (Å²) in [5.74, 6) is 0.583. The Hall–Kier alpha value is -0.830. The van der Waals surface area contributed by atoms with E-state index < -0.39 is 0 Å². The summed E-state index contributed by atoms with van der Waals surface area (Å²) in [6.07, 6.45) is 7.39. The Labute approximate surface area is 84.3 Å². The standard InChI is InChI=1S/C11H17N3/c1-14-7-8-9(6-12)11(4-5-11)3-2-10(8)13-14/h7,9H,2-6,12H2,1H3. The molecule has 0 aromatic carbocycles. The smallest absolute Gasteiger partial charge is 0.0660 e. The van der Waals surface area contributed by atoms with Gasteiger partial charge in [-0.15, -0.1) is 0 Å². The molecule has 14 heavy (non-hydrogen) atoms. The zero-order valence-corrected chi connectivity index (χ0v) is 8.66. The van der Waals surface area contributed by atoms with Crippen LogP contribution in [-0.2, 0) is 13.5 Å². The first-order valence-corrected chi connectivity index (χ1v) is 5.48. The molecule has 1 atom stereocenters. The zero-order chi connectivity index (χ0) is 9.76. The fraction of sp³-hybridized carbons (Fsp3) is 0.727. The molecule has 1 unspecified atom stereocenters. The van der Waals surface area contributed by atoms with E-state index in [1.54, 1.807) is 0 Å². The number of nitrogens with two attached hydrogens (primary N) is 1. The average Bonchev–Trinajstić information content (AvgIpc) is 2.82. The lowest BCUT2D eigenvalue weighted by Crippen LogP contribution is -2.27. The molecule has 1 heterocycles. The number of aromatic nitrogens is 2. The third kappa shape index (κ3) is 0.989. The van der Waals surface area contributed by atoms with E-state index in [2.05, 4.69) is 11.3 Å². The minimum absolute atomic E-state index is 0.574. The molecule has 0 saturated heterocycles. The fourth-order valence-corrected chi connectivity index (χ4v) is 3.05. The van der Waals surface area contributed by atoms with Gasteiger partial charge in [0.25, 0.3) is 0 Å². The van der Waals surface area contributed by atoms with Crippen LogP contribution in [0.15, 0.2) is 6.20 Å². The SMILES string of the molecule is Cn1cc2c(n1)CCC1(CC1)C2CN. The number of hydrogen-bond donors (Lipinski definition) is 1. The van der Waals surface area contributed by atoms with Crippen LogP contribution in [0.1, 0.15) is 36.4 Å². The quantitative estimate of drug-likeness (QED) is 0.724. The van der Waals surface area contributed by atoms with Crippen LogP contribution in [0.5, 0.6) is 0 Å². The van der Waals surface area contributed by atoms with Crippen molar-refractivity contribution in [3.8, 4) is 0 Å². The van der Waals surface area contributed by atoms with E-state index >= 15 is 0 Å². The monoisotopic (exact) mass is 191 g/mol. The van der Waals surface area contributed by atoms with Crippen molar-refractivity contribution in [3.63, 3.8) is 0 Å². The highest BCUT2D eigenvalue weighted by molar-refractivity contribution is 5.31. The Morgan fingerprint density at radius 3 is 3.00 bits per heavy atom. The van der Waals surface area contributed by atoms with Gasteiger partial charge in [0.1, 0.15) is 0 Å². The lowest BCUT2D eigenvalue weighted by Gasteiger charge is -2.30. The summed E-state index contributed by atoms with van der Waals surface area (Å²) >= 11 is 0. The van der Waals surface area contributed by atoms with Crippen LogP contribution in [0.25, 0.3) is 0 Å². The van der Waals surface area contributed by atoms with E-state index in [-0.39, 0.29) is 0 Å². The normalized spacial score (nSPS) is 27.7. The van der Waals surface area contributed by atoms with Crippen LogP contribution in [0.4, 0.5) is 0 Å². The third-order valence-electron chi connectivity index (χ3n) is 4.04. The van der Waals surface area contributed by atoms with E-state index in [1.165, 1.54) is 30.5 Å². The zero-order valence-electron chi connectivity index (χ0n) is 8.66. The molecule has 2 N–H and O–H groups in total. The molecule has 0 radical (unpaired) electrons. The lowest BCUT2D eigenvalue weighted by molar-refractivity contribution is 0.351. The number of hydrogen-bond acceptors (Lipinski definition) is 2. The average molecular weight is 191 g/mol. The van der Waals surface area contributed by atoms with Crippen LogP contribution in [0.2, 0.25) is 0 Å². The number of rotatable bonds is 1. The Balaban J connectivity index is 2.05. The Kier molecular flexibility index (Phi) is 1.57. The van der Waals surface area contributed by atoms with Crippen molar-refractivity contribution >= 4 is 0 Å². The molecule has 2 aliphatic rings. The van der Waals surface area contributed by atoms with Crippen LogP contribution >= 0.6 is 0 Å². The van der Waals surface area contributed by atoms with Crippen molar-refractivity contribution in [1.29, 1.82) is 0 Å². The summed E-state index contributed by atoms with van der Waals surface area (Å²) in [6, 6.07) is 0. The fourth-order valence-electron chi connectivity index (χ4n) is 3.05. The van der Waals surface area contributed by atoms with E-state index in [9.17, 15) is 0 Å². The second-order valence-corrected chi connectivity index (χ2v) is 4.86. The largest absolute Gasteiger partial charge is 0.330 e. The Morgan fingerprint density at radius 2 is 2.36 bits per heavy atom. The van der Waals surface area contributed by atoms with Gasteiger partial charge < -0.3 is 5.73 Å². The molecular weight excluding hydrogens is 174 g/mol. The molecule has 3 rings (SSSR count). The van der Waals surface area contributed by atoms with Gasteiger partial charge in [0.15, 0.2) is 0 Å². The van der Waals surface area contributed by atoms with Gasteiger partial charge in [0, 0.05) is 19.2 Å². The predicted molar refractivity (Wildman–Crippen MR) is 55.0 cm³/mol. The molecule has 1 aromatic rings. The summed E-state index contributed by atoms with van der Waals surface area (Å²) in [5.41, 5.74) is 9.20. The maximum Gasteiger partial charge on any atom is 0.0660 e. The van der Waals surface area contributed by atoms with Gasteiger partial charge in [-0.05, 0) is 43.2 Å². The highest BCUT2D eigenvalue weighted by atomic mass is 15.3. The summed E-state index contributed by atoms with van der Waals surface area (Å²) < 4.78 is 1.94. The van der Waals surface area contributed by atoms with Gasteiger partial charge in [-0.1, -0.05) is 0 Å². The highest BCUT2D eigenvalue weighted by Gasteiger charge is 2.51. The van der Waals surface area contributed by atoms with Crippen molar-refractivity contribution < 1.29 is 0 Å². The summed E-state index contributed by atoms with van der Waals surface area (Å²) in [7, 11) is 2.01.